The average molecular weight is 178 g/mol. The van der Waals surface area contributed by atoms with E-state index in [0.29, 0.717) is 0 Å². The average Bonchev–Trinajstić information content (AvgIpc) is 2.20. The van der Waals surface area contributed by atoms with Crippen LogP contribution in [0.1, 0.15) is 27.7 Å². The van der Waals surface area contributed by atoms with Gasteiger partial charge in [-0.2, -0.15) is 5.10 Å². The predicted molar refractivity (Wildman–Crippen MR) is 59.4 cm³/mol. The van der Waals surface area contributed by atoms with Crippen molar-refractivity contribution < 1.29 is 0 Å². The molecule has 0 unspecified atom stereocenters. The van der Waals surface area contributed by atoms with Crippen LogP contribution >= 0.6 is 0 Å². The molecule has 0 bridgehead atoms. The van der Waals surface area contributed by atoms with Gasteiger partial charge < -0.3 is 0 Å². The number of rotatable bonds is 1. The molecule has 0 aromatic carbocycles. The maximum absolute atomic E-state index is 3.84. The van der Waals surface area contributed by atoms with Gasteiger partial charge in [0.25, 0.3) is 0 Å². The molecule has 0 N–H and O–H groups in total. The molecular weight excluding hydrogens is 160 g/mol. The highest BCUT2D eigenvalue weighted by Gasteiger charge is 2.04. The van der Waals surface area contributed by atoms with E-state index in [0.717, 1.165) is 5.70 Å². The summed E-state index contributed by atoms with van der Waals surface area (Å²) >= 11 is 0. The molecule has 2 heteroatoms. The predicted octanol–water partition coefficient (Wildman–Crippen LogP) is 3.31. The molecule has 1 rings (SSSR count). The van der Waals surface area contributed by atoms with Crippen molar-refractivity contribution in [1.82, 2.24) is 5.01 Å². The molecule has 0 atom stereocenters. The van der Waals surface area contributed by atoms with Crippen molar-refractivity contribution in [3.63, 3.8) is 0 Å². The maximum atomic E-state index is 3.84. The molecule has 1 heterocycles. The number of allylic oxidation sites excluding steroid dienone is 4. The third-order valence-electron chi connectivity index (χ3n) is 1.50. The van der Waals surface area contributed by atoms with E-state index in [1.54, 1.807) is 5.01 Å². The minimum Gasteiger partial charge on any atom is -0.242 e. The zero-order chi connectivity index (χ0) is 10.3. The first kappa shape index (κ1) is 11.7. The van der Waals surface area contributed by atoms with Crippen LogP contribution in [0.3, 0.4) is 0 Å². The summed E-state index contributed by atoms with van der Waals surface area (Å²) in [5.74, 6) is 0. The molecule has 2 nitrogen and oxygen atoms in total. The summed E-state index contributed by atoms with van der Waals surface area (Å²) in [6.45, 7) is 11.6. The second-order valence-electron chi connectivity index (χ2n) is 2.57. The van der Waals surface area contributed by atoms with Gasteiger partial charge in [-0.25, -0.2) is 5.01 Å². The molecule has 0 radical (unpaired) electrons. The summed E-state index contributed by atoms with van der Waals surface area (Å²) in [6.07, 6.45) is 7.82. The first-order valence-corrected chi connectivity index (χ1v) is 4.54. The largest absolute Gasteiger partial charge is 0.242 e. The van der Waals surface area contributed by atoms with Crippen molar-refractivity contribution in [3.8, 4) is 0 Å². The second-order valence-corrected chi connectivity index (χ2v) is 2.57. The minimum absolute atomic E-state index is 1.10. The SMILES string of the molecule is C=NN1C=CC=CC1=C(C)C.CC. The third-order valence-corrected chi connectivity index (χ3v) is 1.50. The highest BCUT2D eigenvalue weighted by atomic mass is 15.4. The minimum atomic E-state index is 1.10. The second kappa shape index (κ2) is 6.23. The van der Waals surface area contributed by atoms with Crippen molar-refractivity contribution >= 4 is 6.72 Å². The van der Waals surface area contributed by atoms with E-state index in [2.05, 4.69) is 25.7 Å². The molecule has 0 aromatic heterocycles. The van der Waals surface area contributed by atoms with Crippen LogP contribution in [0.25, 0.3) is 0 Å². The maximum Gasteiger partial charge on any atom is 0.0631 e. The fourth-order valence-corrected chi connectivity index (χ4v) is 0.954. The Kier molecular flexibility index (Phi) is 5.60. The van der Waals surface area contributed by atoms with Gasteiger partial charge in [0.05, 0.1) is 5.70 Å². The first-order chi connectivity index (χ1) is 6.25. The normalized spacial score (nSPS) is 13.5. The van der Waals surface area contributed by atoms with Gasteiger partial charge in [0.1, 0.15) is 0 Å². The lowest BCUT2D eigenvalue weighted by Gasteiger charge is -2.18. The monoisotopic (exact) mass is 178 g/mol. The Bertz CT molecular complexity index is 243. The molecule has 0 fully saturated rings. The molecule has 72 valence electrons. The van der Waals surface area contributed by atoms with Crippen molar-refractivity contribution in [2.75, 3.05) is 0 Å². The van der Waals surface area contributed by atoms with Gasteiger partial charge in [-0.3, -0.25) is 0 Å². The fraction of sp³-hybridized carbons (Fsp3) is 0.364. The Hall–Kier alpha value is -1.31. The Labute approximate surface area is 80.9 Å². The van der Waals surface area contributed by atoms with Crippen LogP contribution in [0, 0.1) is 0 Å². The molecule has 0 spiro atoms. The van der Waals surface area contributed by atoms with Crippen molar-refractivity contribution in [3.05, 3.63) is 35.7 Å². The van der Waals surface area contributed by atoms with E-state index in [4.69, 9.17) is 0 Å². The summed E-state index contributed by atoms with van der Waals surface area (Å²) < 4.78 is 0. The zero-order valence-corrected chi connectivity index (χ0v) is 8.91. The quantitative estimate of drug-likeness (QED) is 0.562. The lowest BCUT2D eigenvalue weighted by atomic mass is 10.2. The standard InChI is InChI=1S/C9H12N2.C2H6/c1-8(2)9-6-4-5-7-11(9)10-3;1-2/h4-7H,3H2,1-2H3;1-2H3. The number of nitrogens with zero attached hydrogens (tertiary/aromatic N) is 2. The molecule has 0 saturated heterocycles. The van der Waals surface area contributed by atoms with Crippen LogP contribution in [0.2, 0.25) is 0 Å². The lowest BCUT2D eigenvalue weighted by Crippen LogP contribution is -2.10. The van der Waals surface area contributed by atoms with Gasteiger partial charge in [-0.05, 0) is 26.0 Å². The number of hydrazone groups is 1. The van der Waals surface area contributed by atoms with Crippen LogP contribution in [0.5, 0.6) is 0 Å². The summed E-state index contributed by atoms with van der Waals surface area (Å²) in [6, 6.07) is 0. The van der Waals surface area contributed by atoms with E-state index >= 15 is 0 Å². The molecule has 0 saturated carbocycles. The van der Waals surface area contributed by atoms with E-state index in [-0.39, 0.29) is 0 Å². The van der Waals surface area contributed by atoms with Crippen LogP contribution < -0.4 is 0 Å². The van der Waals surface area contributed by atoms with Crippen molar-refractivity contribution in [2.45, 2.75) is 27.7 Å². The number of hydrogen-bond acceptors (Lipinski definition) is 2. The molecule has 0 aliphatic carbocycles. The smallest absolute Gasteiger partial charge is 0.0631 e. The third kappa shape index (κ3) is 3.28. The molecule has 13 heavy (non-hydrogen) atoms. The molecular formula is C11H18N2. The van der Waals surface area contributed by atoms with Gasteiger partial charge in [0.2, 0.25) is 0 Å². The molecule has 1 aliphatic rings. The van der Waals surface area contributed by atoms with Crippen molar-refractivity contribution in [2.24, 2.45) is 5.10 Å². The fourth-order valence-electron chi connectivity index (χ4n) is 0.954. The molecule has 1 aliphatic heterocycles. The van der Waals surface area contributed by atoms with Gasteiger partial charge in [0, 0.05) is 12.9 Å². The highest BCUT2D eigenvalue weighted by Crippen LogP contribution is 2.15. The Morgan fingerprint density at radius 1 is 1.31 bits per heavy atom. The summed E-state index contributed by atoms with van der Waals surface area (Å²) in [5.41, 5.74) is 2.33. The molecule has 0 aromatic rings. The first-order valence-electron chi connectivity index (χ1n) is 4.54. The van der Waals surface area contributed by atoms with Gasteiger partial charge in [0.15, 0.2) is 0 Å². The number of hydrogen-bond donors (Lipinski definition) is 0. The van der Waals surface area contributed by atoms with Crippen molar-refractivity contribution in [1.29, 1.82) is 0 Å². The Morgan fingerprint density at radius 2 is 1.92 bits per heavy atom. The van der Waals surface area contributed by atoms with Gasteiger partial charge in [-0.15, -0.1) is 0 Å². The Balaban J connectivity index is 0.000000671. The van der Waals surface area contributed by atoms with Crippen LogP contribution in [-0.2, 0) is 0 Å². The van der Waals surface area contributed by atoms with E-state index < -0.39 is 0 Å². The van der Waals surface area contributed by atoms with E-state index in [9.17, 15) is 0 Å². The highest BCUT2D eigenvalue weighted by molar-refractivity contribution is 5.33. The van der Waals surface area contributed by atoms with E-state index in [1.165, 1.54) is 5.57 Å². The Morgan fingerprint density at radius 3 is 2.31 bits per heavy atom. The van der Waals surface area contributed by atoms with E-state index in [1.807, 2.05) is 38.3 Å². The molecule has 0 amide bonds. The van der Waals surface area contributed by atoms with Gasteiger partial charge in [-0.1, -0.05) is 25.5 Å². The zero-order valence-electron chi connectivity index (χ0n) is 8.91. The van der Waals surface area contributed by atoms with Crippen LogP contribution in [0.15, 0.2) is 40.8 Å². The lowest BCUT2D eigenvalue weighted by molar-refractivity contribution is 0.509. The topological polar surface area (TPSA) is 15.6 Å². The van der Waals surface area contributed by atoms with Crippen LogP contribution in [-0.4, -0.2) is 11.7 Å². The summed E-state index contributed by atoms with van der Waals surface area (Å²) in [5, 5.41) is 5.60. The summed E-state index contributed by atoms with van der Waals surface area (Å²) in [4.78, 5) is 0. The van der Waals surface area contributed by atoms with Crippen LogP contribution in [0.4, 0.5) is 0 Å². The summed E-state index contributed by atoms with van der Waals surface area (Å²) in [7, 11) is 0. The van der Waals surface area contributed by atoms with Gasteiger partial charge >= 0.3 is 0 Å².